The molecule has 1 saturated heterocycles. The van der Waals surface area contributed by atoms with Crippen molar-refractivity contribution in [2.45, 2.75) is 32.4 Å². The van der Waals surface area contributed by atoms with Gasteiger partial charge < -0.3 is 9.88 Å². The number of nitrogens with zero attached hydrogens (tertiary/aromatic N) is 4. The summed E-state index contributed by atoms with van der Waals surface area (Å²) in [4.78, 5) is 12.9. The summed E-state index contributed by atoms with van der Waals surface area (Å²) in [6.45, 7) is 8.40. The Balaban J connectivity index is 0.00000176. The summed E-state index contributed by atoms with van der Waals surface area (Å²) in [6, 6.07) is 0.336. The van der Waals surface area contributed by atoms with Crippen LogP contribution < -0.4 is 5.32 Å². The Hall–Kier alpha value is -0.950. The number of halogens is 1. The number of imidazole rings is 1. The minimum Gasteiger partial charge on any atom is -0.337 e. The van der Waals surface area contributed by atoms with E-state index in [1.165, 1.54) is 9.88 Å². The largest absolute Gasteiger partial charge is 0.337 e. The summed E-state index contributed by atoms with van der Waals surface area (Å²) in [5.41, 5.74) is 0. The molecule has 2 aromatic heterocycles. The molecule has 1 N–H and O–H groups in total. The lowest BCUT2D eigenvalue weighted by Crippen LogP contribution is -2.46. The summed E-state index contributed by atoms with van der Waals surface area (Å²) in [5.74, 6) is 1.65. The van der Waals surface area contributed by atoms with Gasteiger partial charge in [0, 0.05) is 62.6 Å². The Morgan fingerprint density at radius 3 is 2.86 bits per heavy atom. The second-order valence-electron chi connectivity index (χ2n) is 5.91. The van der Waals surface area contributed by atoms with Crippen LogP contribution in [-0.4, -0.2) is 39.1 Å². The van der Waals surface area contributed by atoms with Crippen molar-refractivity contribution < 1.29 is 0 Å². The molecule has 0 aromatic carbocycles. The normalized spacial score (nSPS) is 19.4. The van der Waals surface area contributed by atoms with Crippen LogP contribution >= 0.6 is 23.7 Å². The van der Waals surface area contributed by atoms with E-state index in [1.54, 1.807) is 0 Å². The molecule has 0 bridgehead atoms. The minimum absolute atomic E-state index is 0. The Bertz CT molecular complexity index is 594. The van der Waals surface area contributed by atoms with Gasteiger partial charge in [-0.1, -0.05) is 13.8 Å². The maximum absolute atomic E-state index is 4.54. The zero-order chi connectivity index (χ0) is 14.8. The summed E-state index contributed by atoms with van der Waals surface area (Å²) in [5, 5.41) is 4.71. The molecule has 7 heteroatoms. The molecule has 5 nitrogen and oxygen atoms in total. The van der Waals surface area contributed by atoms with Gasteiger partial charge in [-0.3, -0.25) is 4.90 Å². The minimum atomic E-state index is 0. The lowest BCUT2D eigenvalue weighted by molar-refractivity contribution is 0.146. The molecule has 0 spiro atoms. The molecular formula is C15H24ClN5S. The van der Waals surface area contributed by atoms with Gasteiger partial charge in [-0.05, 0) is 0 Å². The summed E-state index contributed by atoms with van der Waals surface area (Å²) in [7, 11) is 2.07. The molecule has 1 fully saturated rings. The van der Waals surface area contributed by atoms with Crippen LogP contribution in [0, 0.1) is 0 Å². The van der Waals surface area contributed by atoms with Crippen LogP contribution in [0.3, 0.4) is 0 Å². The fourth-order valence-electron chi connectivity index (χ4n) is 2.75. The average Bonchev–Trinajstić information content (AvgIpc) is 3.09. The number of nitrogens with one attached hydrogen (secondary N) is 1. The third kappa shape index (κ3) is 3.68. The monoisotopic (exact) mass is 341 g/mol. The molecule has 1 unspecified atom stereocenters. The first-order valence-corrected chi connectivity index (χ1v) is 8.33. The quantitative estimate of drug-likeness (QED) is 0.928. The lowest BCUT2D eigenvalue weighted by Gasteiger charge is -2.35. The predicted octanol–water partition coefficient (Wildman–Crippen LogP) is 2.57. The van der Waals surface area contributed by atoms with Crippen molar-refractivity contribution in [1.82, 2.24) is 24.8 Å². The summed E-state index contributed by atoms with van der Waals surface area (Å²) < 4.78 is 2.12. The molecular weight excluding hydrogens is 318 g/mol. The Kier molecular flexibility index (Phi) is 5.97. The van der Waals surface area contributed by atoms with Crippen LogP contribution in [0.1, 0.15) is 41.5 Å². The van der Waals surface area contributed by atoms with E-state index in [2.05, 4.69) is 45.6 Å². The number of hydrogen-bond donors (Lipinski definition) is 1. The number of thiazole rings is 1. The number of aryl methyl sites for hydroxylation is 1. The molecule has 2 aromatic rings. The van der Waals surface area contributed by atoms with Gasteiger partial charge in [0.25, 0.3) is 0 Å². The molecule has 0 amide bonds. The second kappa shape index (κ2) is 7.55. The lowest BCUT2D eigenvalue weighted by atomic mass is 10.1. The predicted molar refractivity (Wildman–Crippen MR) is 92.7 cm³/mol. The van der Waals surface area contributed by atoms with Gasteiger partial charge >= 0.3 is 0 Å². The zero-order valence-corrected chi connectivity index (χ0v) is 15.0. The van der Waals surface area contributed by atoms with E-state index in [9.17, 15) is 0 Å². The third-order valence-corrected chi connectivity index (χ3v) is 5.22. The van der Waals surface area contributed by atoms with Crippen LogP contribution in [-0.2, 0) is 13.6 Å². The van der Waals surface area contributed by atoms with Crippen molar-refractivity contribution >= 4 is 23.7 Å². The first-order chi connectivity index (χ1) is 10.1. The number of aromatic nitrogens is 3. The Morgan fingerprint density at radius 2 is 2.23 bits per heavy atom. The van der Waals surface area contributed by atoms with Crippen LogP contribution in [0.25, 0.3) is 0 Å². The second-order valence-corrected chi connectivity index (χ2v) is 7.05. The van der Waals surface area contributed by atoms with Gasteiger partial charge in [0.2, 0.25) is 0 Å². The van der Waals surface area contributed by atoms with Crippen molar-refractivity contribution in [3.05, 3.63) is 34.3 Å². The molecule has 0 aliphatic carbocycles. The van der Waals surface area contributed by atoms with E-state index in [0.717, 1.165) is 32.0 Å². The van der Waals surface area contributed by atoms with Crippen molar-refractivity contribution in [3.63, 3.8) is 0 Å². The number of rotatable bonds is 4. The molecule has 1 atom stereocenters. The molecule has 0 radical (unpaired) electrons. The molecule has 122 valence electrons. The van der Waals surface area contributed by atoms with E-state index in [4.69, 9.17) is 0 Å². The van der Waals surface area contributed by atoms with Crippen molar-refractivity contribution in [2.75, 3.05) is 19.6 Å². The SMILES string of the molecule is CC(C)c1ncc(CN2CCNCC2c2nccn2C)s1.Cl. The van der Waals surface area contributed by atoms with E-state index >= 15 is 0 Å². The first-order valence-electron chi connectivity index (χ1n) is 7.51. The third-order valence-electron chi connectivity index (χ3n) is 3.94. The van der Waals surface area contributed by atoms with Gasteiger partial charge in [0.05, 0.1) is 11.0 Å². The summed E-state index contributed by atoms with van der Waals surface area (Å²) >= 11 is 1.84. The van der Waals surface area contributed by atoms with Gasteiger partial charge in [-0.25, -0.2) is 9.97 Å². The smallest absolute Gasteiger partial charge is 0.127 e. The fourth-order valence-corrected chi connectivity index (χ4v) is 3.70. The topological polar surface area (TPSA) is 46.0 Å². The first kappa shape index (κ1) is 17.4. The average molecular weight is 342 g/mol. The highest BCUT2D eigenvalue weighted by atomic mass is 35.5. The van der Waals surface area contributed by atoms with E-state index < -0.39 is 0 Å². The van der Waals surface area contributed by atoms with Crippen LogP contribution in [0.5, 0.6) is 0 Å². The number of hydrogen-bond acceptors (Lipinski definition) is 5. The standard InChI is InChI=1S/C15H23N5S.ClH/c1-11(2)15-18-8-12(21-15)10-20-7-4-16-9-13(20)14-17-5-6-19(14)3;/h5-6,8,11,13,16H,4,7,9-10H2,1-3H3;1H. The Morgan fingerprint density at radius 1 is 1.41 bits per heavy atom. The summed E-state index contributed by atoms with van der Waals surface area (Å²) in [6.07, 6.45) is 5.94. The van der Waals surface area contributed by atoms with Crippen LogP contribution in [0.15, 0.2) is 18.6 Å². The highest BCUT2D eigenvalue weighted by Crippen LogP contribution is 2.26. The number of piperazine rings is 1. The molecule has 3 rings (SSSR count). The van der Waals surface area contributed by atoms with Crippen LogP contribution in [0.2, 0.25) is 0 Å². The molecule has 0 saturated carbocycles. The van der Waals surface area contributed by atoms with E-state index in [0.29, 0.717) is 12.0 Å². The van der Waals surface area contributed by atoms with Gasteiger partial charge in [0.1, 0.15) is 5.82 Å². The van der Waals surface area contributed by atoms with Crippen molar-refractivity contribution in [2.24, 2.45) is 7.05 Å². The highest BCUT2D eigenvalue weighted by Gasteiger charge is 2.27. The maximum Gasteiger partial charge on any atom is 0.127 e. The van der Waals surface area contributed by atoms with E-state index in [-0.39, 0.29) is 12.4 Å². The van der Waals surface area contributed by atoms with Crippen molar-refractivity contribution in [1.29, 1.82) is 0 Å². The zero-order valence-electron chi connectivity index (χ0n) is 13.3. The Labute approximate surface area is 142 Å². The van der Waals surface area contributed by atoms with Gasteiger partial charge in [-0.2, -0.15) is 0 Å². The van der Waals surface area contributed by atoms with Gasteiger partial charge in [0.15, 0.2) is 0 Å². The fraction of sp³-hybridized carbons (Fsp3) is 0.600. The molecule has 3 heterocycles. The van der Waals surface area contributed by atoms with Gasteiger partial charge in [-0.15, -0.1) is 23.7 Å². The molecule has 22 heavy (non-hydrogen) atoms. The van der Waals surface area contributed by atoms with E-state index in [1.807, 2.05) is 29.9 Å². The van der Waals surface area contributed by atoms with Crippen molar-refractivity contribution in [3.8, 4) is 0 Å². The highest BCUT2D eigenvalue weighted by molar-refractivity contribution is 7.11. The maximum atomic E-state index is 4.54. The molecule has 1 aliphatic heterocycles. The molecule has 1 aliphatic rings. The van der Waals surface area contributed by atoms with Crippen LogP contribution in [0.4, 0.5) is 0 Å².